The van der Waals surface area contributed by atoms with Gasteiger partial charge in [0.2, 0.25) is 0 Å². The van der Waals surface area contributed by atoms with Gasteiger partial charge in [-0.15, -0.1) is 0 Å². The molecule has 0 fully saturated rings. The largest absolute Gasteiger partial charge is 0.315 e. The van der Waals surface area contributed by atoms with Gasteiger partial charge >= 0.3 is 0 Å². The molecule has 2 nitrogen and oxygen atoms in total. The summed E-state index contributed by atoms with van der Waals surface area (Å²) >= 11 is 0. The van der Waals surface area contributed by atoms with Crippen LogP contribution in [0.4, 0.5) is 17.1 Å². The number of allylic oxidation sites excluding steroid dienone is 4. The molecule has 0 atom stereocenters. The highest BCUT2D eigenvalue weighted by molar-refractivity contribution is 6.03. The quantitative estimate of drug-likeness (QED) is 0.132. The summed E-state index contributed by atoms with van der Waals surface area (Å²) in [6.45, 7) is 8.95. The van der Waals surface area contributed by atoms with E-state index in [-0.39, 0.29) is 5.41 Å². The van der Waals surface area contributed by atoms with Crippen molar-refractivity contribution in [3.63, 3.8) is 0 Å². The molecule has 9 aromatic rings. The van der Waals surface area contributed by atoms with Gasteiger partial charge in [0.05, 0.1) is 11.2 Å². The molecule has 0 amide bonds. The lowest BCUT2D eigenvalue weighted by atomic mass is 9.81. The van der Waals surface area contributed by atoms with Crippen LogP contribution < -0.4 is 4.90 Å². The Labute approximate surface area is 360 Å². The minimum atomic E-state index is -0.251. The molecule has 7 aromatic carbocycles. The van der Waals surface area contributed by atoms with Crippen molar-refractivity contribution in [2.45, 2.75) is 33.1 Å². The lowest BCUT2D eigenvalue weighted by Crippen LogP contribution is -2.16. The van der Waals surface area contributed by atoms with Crippen LogP contribution in [-0.2, 0) is 5.41 Å². The van der Waals surface area contributed by atoms with Gasteiger partial charge in [0, 0.05) is 39.8 Å². The molecule has 2 aromatic heterocycles. The third kappa shape index (κ3) is 6.62. The summed E-state index contributed by atoms with van der Waals surface area (Å²) in [4.78, 5) is 2.40. The fourth-order valence-corrected chi connectivity index (χ4v) is 9.51. The van der Waals surface area contributed by atoms with Gasteiger partial charge in [0.1, 0.15) is 0 Å². The topological polar surface area (TPSA) is 7.65 Å². The van der Waals surface area contributed by atoms with Crippen molar-refractivity contribution in [3.8, 4) is 55.8 Å². The fourth-order valence-electron chi connectivity index (χ4n) is 9.51. The van der Waals surface area contributed by atoms with E-state index in [9.17, 15) is 0 Å². The number of hydrogen-bond acceptors (Lipinski definition) is 1. The van der Waals surface area contributed by atoms with E-state index in [1.54, 1.807) is 0 Å². The zero-order valence-electron chi connectivity index (χ0n) is 35.2. The monoisotopic (exact) mass is 784 g/mol. The van der Waals surface area contributed by atoms with E-state index in [1.807, 2.05) is 0 Å². The Kier molecular flexibility index (Phi) is 9.70. The number of aromatic nitrogens is 1. The van der Waals surface area contributed by atoms with Crippen molar-refractivity contribution in [1.29, 1.82) is 0 Å². The maximum absolute atomic E-state index is 2.47. The summed E-state index contributed by atoms with van der Waals surface area (Å²) < 4.78 is 2.39. The highest BCUT2D eigenvalue weighted by Crippen LogP contribution is 2.53. The van der Waals surface area contributed by atoms with E-state index in [0.29, 0.717) is 0 Å². The van der Waals surface area contributed by atoms with Gasteiger partial charge in [-0.3, -0.25) is 0 Å². The van der Waals surface area contributed by atoms with Crippen LogP contribution in [0, 0.1) is 0 Å². The molecule has 0 unspecified atom stereocenters. The second kappa shape index (κ2) is 15.6. The minimum Gasteiger partial charge on any atom is -0.315 e. The molecule has 1 aliphatic carbocycles. The number of hydrogen-bond donors (Lipinski definition) is 0. The molecule has 2 heterocycles. The van der Waals surface area contributed by atoms with E-state index in [0.717, 1.165) is 17.1 Å². The van der Waals surface area contributed by atoms with Crippen molar-refractivity contribution in [3.05, 3.63) is 235 Å². The second-order valence-electron chi connectivity index (χ2n) is 16.4. The smallest absolute Gasteiger partial charge is 0.0613 e. The maximum atomic E-state index is 2.47. The van der Waals surface area contributed by atoms with Crippen LogP contribution in [0.5, 0.6) is 0 Å². The maximum Gasteiger partial charge on any atom is 0.0613 e. The van der Waals surface area contributed by atoms with Gasteiger partial charge in [-0.25, -0.2) is 0 Å². The molecule has 0 aliphatic heterocycles. The zero-order valence-corrected chi connectivity index (χ0v) is 35.2. The summed E-state index contributed by atoms with van der Waals surface area (Å²) in [6, 6.07) is 71.1. The Morgan fingerprint density at radius 3 is 1.61 bits per heavy atom. The summed E-state index contributed by atoms with van der Waals surface area (Å²) in [5.41, 5.74) is 21.8. The Balaban J connectivity index is 1.10. The highest BCUT2D eigenvalue weighted by Gasteiger charge is 2.37. The Bertz CT molecular complexity index is 3080. The first-order valence-electron chi connectivity index (χ1n) is 21.3. The average molecular weight is 785 g/mol. The van der Waals surface area contributed by atoms with E-state index in [1.165, 1.54) is 83.5 Å². The average Bonchev–Trinajstić information content (AvgIpc) is 3.78. The molecule has 0 spiro atoms. The number of fused-ring (bicyclic) bond motifs is 4. The summed E-state index contributed by atoms with van der Waals surface area (Å²) in [7, 11) is 0. The predicted octanol–water partition coefficient (Wildman–Crippen LogP) is 16.4. The second-order valence-corrected chi connectivity index (χ2v) is 16.4. The van der Waals surface area contributed by atoms with E-state index >= 15 is 0 Å². The van der Waals surface area contributed by atoms with Crippen LogP contribution >= 0.6 is 0 Å². The molecule has 2 heteroatoms. The molecule has 0 saturated heterocycles. The number of benzene rings is 7. The molecule has 10 rings (SSSR count). The van der Waals surface area contributed by atoms with Crippen molar-refractivity contribution in [2.75, 3.05) is 4.90 Å². The lowest BCUT2D eigenvalue weighted by molar-refractivity contribution is 0.660. The molecule has 0 saturated carbocycles. The van der Waals surface area contributed by atoms with Gasteiger partial charge in [0.25, 0.3) is 0 Å². The standard InChI is InChI=1S/C59H48N2/c1-5-18-41(6-2)43-26-31-48(32-27-43)61(49-33-28-44(29-34-49)42-19-10-7-11-20-42)50-35-37-52-51-36-30-47(39-53(51)59(3,4)54(52)40-50)58-57(46-23-14-9-15-24-46)56(45-21-12-8-13-22-45)55-25-16-17-38-60(55)58/h5-40H,1-4H3/b18-5-,41-6+. The van der Waals surface area contributed by atoms with Gasteiger partial charge in [-0.05, 0) is 130 Å². The van der Waals surface area contributed by atoms with Crippen molar-refractivity contribution >= 4 is 28.2 Å². The van der Waals surface area contributed by atoms with Gasteiger partial charge in [-0.2, -0.15) is 0 Å². The molecular weight excluding hydrogens is 737 g/mol. The minimum absolute atomic E-state index is 0.251. The Morgan fingerprint density at radius 2 is 0.984 bits per heavy atom. The molecule has 61 heavy (non-hydrogen) atoms. The predicted molar refractivity (Wildman–Crippen MR) is 260 cm³/mol. The van der Waals surface area contributed by atoms with Gasteiger partial charge < -0.3 is 9.30 Å². The van der Waals surface area contributed by atoms with Gasteiger partial charge in [0.15, 0.2) is 0 Å². The third-order valence-electron chi connectivity index (χ3n) is 12.5. The Hall–Kier alpha value is -7.42. The van der Waals surface area contributed by atoms with E-state index in [2.05, 4.69) is 256 Å². The van der Waals surface area contributed by atoms with Crippen LogP contribution in [-0.4, -0.2) is 4.40 Å². The van der Waals surface area contributed by atoms with Crippen LogP contribution in [0.15, 0.2) is 219 Å². The van der Waals surface area contributed by atoms with Crippen LogP contribution in [0.2, 0.25) is 0 Å². The molecule has 0 bridgehead atoms. The molecular formula is C59H48N2. The van der Waals surface area contributed by atoms with E-state index < -0.39 is 0 Å². The Morgan fingerprint density at radius 1 is 0.475 bits per heavy atom. The number of nitrogens with zero attached hydrogens (tertiary/aromatic N) is 2. The van der Waals surface area contributed by atoms with Crippen LogP contribution in [0.3, 0.4) is 0 Å². The molecule has 0 radical (unpaired) electrons. The first kappa shape index (κ1) is 37.8. The third-order valence-corrected chi connectivity index (χ3v) is 12.5. The molecule has 0 N–H and O–H groups in total. The molecule has 1 aliphatic rings. The number of anilines is 3. The first-order valence-corrected chi connectivity index (χ1v) is 21.3. The summed E-state index contributed by atoms with van der Waals surface area (Å²) in [5.74, 6) is 0. The normalized spacial score (nSPS) is 13.1. The SMILES string of the molecule is C/C=C\C(=C/C)c1ccc(N(c2ccc(-c3ccccc3)cc2)c2ccc3c(c2)C(C)(C)c2cc(-c4c(-c5ccccc5)c(-c5ccccc5)c5ccccn45)ccc2-3)cc1. The number of pyridine rings is 1. The van der Waals surface area contributed by atoms with Crippen molar-refractivity contribution in [1.82, 2.24) is 4.40 Å². The summed E-state index contributed by atoms with van der Waals surface area (Å²) in [6.07, 6.45) is 8.66. The van der Waals surface area contributed by atoms with Crippen LogP contribution in [0.25, 0.3) is 66.9 Å². The first-order chi connectivity index (χ1) is 29.9. The van der Waals surface area contributed by atoms with Gasteiger partial charge in [-0.1, -0.05) is 172 Å². The molecule has 294 valence electrons. The lowest BCUT2D eigenvalue weighted by Gasteiger charge is -2.28. The van der Waals surface area contributed by atoms with E-state index in [4.69, 9.17) is 0 Å². The van der Waals surface area contributed by atoms with Crippen LogP contribution in [0.1, 0.15) is 44.4 Å². The highest BCUT2D eigenvalue weighted by atomic mass is 15.1. The number of rotatable bonds is 9. The van der Waals surface area contributed by atoms with Crippen molar-refractivity contribution < 1.29 is 0 Å². The van der Waals surface area contributed by atoms with Crippen molar-refractivity contribution in [2.24, 2.45) is 0 Å². The summed E-state index contributed by atoms with van der Waals surface area (Å²) in [5, 5.41) is 0. The fraction of sp³-hybridized carbons (Fsp3) is 0.0847. The zero-order chi connectivity index (χ0) is 41.5.